The van der Waals surface area contributed by atoms with Crippen LogP contribution in [0.3, 0.4) is 0 Å². The van der Waals surface area contributed by atoms with Gasteiger partial charge in [-0.15, -0.1) is 0 Å². The van der Waals surface area contributed by atoms with Crippen LogP contribution in [0.4, 0.5) is 0 Å². The number of aryl methyl sites for hydroxylation is 3. The van der Waals surface area contributed by atoms with Gasteiger partial charge in [0.25, 0.3) is 11.5 Å². The van der Waals surface area contributed by atoms with Gasteiger partial charge in [-0.3, -0.25) is 9.59 Å². The largest absolute Gasteiger partial charge is 0.385 e. The van der Waals surface area contributed by atoms with Crippen LogP contribution in [0.15, 0.2) is 46.7 Å². The number of amides is 1. The minimum Gasteiger partial charge on any atom is -0.385 e. The average molecular weight is 473 g/mol. The molecule has 1 aliphatic rings. The van der Waals surface area contributed by atoms with Gasteiger partial charge >= 0.3 is 0 Å². The van der Waals surface area contributed by atoms with Crippen molar-refractivity contribution in [2.24, 2.45) is 5.73 Å². The summed E-state index contributed by atoms with van der Waals surface area (Å²) in [7, 11) is 0. The highest BCUT2D eigenvalue weighted by atomic mass is 16.1. The Labute approximate surface area is 204 Å². The number of hydrogen-bond acceptors (Lipinski definition) is 5. The normalized spacial score (nSPS) is 13.7. The Hall–Kier alpha value is -4.07. The fourth-order valence-electron chi connectivity index (χ4n) is 4.66. The number of nitrogens with two attached hydrogens (primary N) is 1. The van der Waals surface area contributed by atoms with E-state index in [-0.39, 0.29) is 24.1 Å². The van der Waals surface area contributed by atoms with E-state index in [1.807, 2.05) is 39.0 Å². The number of nitrogens with zero attached hydrogens (tertiary/aromatic N) is 1. The number of aromatic nitrogens is 2. The van der Waals surface area contributed by atoms with Gasteiger partial charge in [-0.1, -0.05) is 0 Å². The third kappa shape index (κ3) is 4.51. The maximum atomic E-state index is 13.5. The summed E-state index contributed by atoms with van der Waals surface area (Å²) < 4.78 is 2.16. The van der Waals surface area contributed by atoms with Gasteiger partial charge in [0.15, 0.2) is 0 Å². The zero-order valence-electron chi connectivity index (χ0n) is 20.8. The van der Waals surface area contributed by atoms with Gasteiger partial charge in [-0.05, 0) is 81.2 Å². The first-order valence-corrected chi connectivity index (χ1v) is 11.7. The third-order valence-electron chi connectivity index (χ3n) is 6.48. The molecule has 0 atom stereocenters. The van der Waals surface area contributed by atoms with E-state index < -0.39 is 0 Å². The summed E-state index contributed by atoms with van der Waals surface area (Å²) in [6.07, 6.45) is 5.17. The molecule has 3 heterocycles. The second-order valence-corrected chi connectivity index (χ2v) is 9.39. The number of fused-ring (bicyclic) bond motifs is 1. The van der Waals surface area contributed by atoms with Crippen LogP contribution < -0.4 is 21.9 Å². The predicted molar refractivity (Wildman–Crippen MR) is 141 cm³/mol. The first-order valence-electron chi connectivity index (χ1n) is 11.7. The monoisotopic (exact) mass is 472 g/mol. The first kappa shape index (κ1) is 24.1. The number of benzene rings is 1. The number of rotatable bonds is 6. The van der Waals surface area contributed by atoms with E-state index in [2.05, 4.69) is 46.3 Å². The Morgan fingerprint density at radius 2 is 1.97 bits per heavy atom. The molecule has 0 bridgehead atoms. The Balaban J connectivity index is 1.81. The maximum Gasteiger partial charge on any atom is 0.253 e. The molecule has 0 fully saturated rings. The van der Waals surface area contributed by atoms with Gasteiger partial charge in [0.05, 0.1) is 0 Å². The molecule has 0 unspecified atom stereocenters. The predicted octanol–water partition coefficient (Wildman–Crippen LogP) is 3.57. The molecule has 0 aliphatic carbocycles. The number of dihydropyridines is 1. The highest BCUT2D eigenvalue weighted by Crippen LogP contribution is 2.32. The molecule has 182 valence electrons. The zero-order chi connectivity index (χ0) is 25.4. The number of carbonyl (C=O) groups excluding carboxylic acids is 1. The van der Waals surface area contributed by atoms with Crippen molar-refractivity contribution in [1.82, 2.24) is 20.2 Å². The quantitative estimate of drug-likeness (QED) is 0.351. The molecule has 8 nitrogen and oxygen atoms in total. The summed E-state index contributed by atoms with van der Waals surface area (Å²) in [4.78, 5) is 28.8. The Bertz CT molecular complexity index is 1470. The fraction of sp³-hybridized carbons (Fsp3) is 0.296. The molecule has 1 amide bonds. The van der Waals surface area contributed by atoms with E-state index in [1.165, 1.54) is 6.21 Å². The molecule has 8 heteroatoms. The lowest BCUT2D eigenvalue weighted by Gasteiger charge is -2.19. The summed E-state index contributed by atoms with van der Waals surface area (Å²) in [5.74, 6) is 0.218. The molecule has 35 heavy (non-hydrogen) atoms. The van der Waals surface area contributed by atoms with Crippen molar-refractivity contribution in [3.05, 3.63) is 85.7 Å². The minimum absolute atomic E-state index is 0.136. The molecule has 2 aromatic heterocycles. The topological polar surface area (TPSA) is 129 Å². The van der Waals surface area contributed by atoms with Crippen molar-refractivity contribution in [1.29, 1.82) is 5.41 Å². The van der Waals surface area contributed by atoms with Crippen LogP contribution in [0.2, 0.25) is 0 Å². The molecule has 0 saturated heterocycles. The fourth-order valence-corrected chi connectivity index (χ4v) is 4.66. The molecular formula is C27H32N6O2. The lowest BCUT2D eigenvalue weighted by Crippen LogP contribution is -2.29. The Morgan fingerprint density at radius 1 is 1.23 bits per heavy atom. The van der Waals surface area contributed by atoms with E-state index in [4.69, 9.17) is 11.1 Å². The summed E-state index contributed by atoms with van der Waals surface area (Å²) >= 11 is 0. The number of carbonyl (C=O) groups is 1. The van der Waals surface area contributed by atoms with Crippen LogP contribution in [-0.2, 0) is 6.54 Å². The number of H-pyrrole nitrogens is 1. The summed E-state index contributed by atoms with van der Waals surface area (Å²) in [5, 5.41) is 14.6. The lowest BCUT2D eigenvalue weighted by molar-refractivity contribution is 0.0952. The number of pyridine rings is 1. The summed E-state index contributed by atoms with van der Waals surface area (Å²) in [5.41, 5.74) is 12.9. The van der Waals surface area contributed by atoms with Gasteiger partial charge in [-0.2, -0.15) is 0 Å². The van der Waals surface area contributed by atoms with E-state index in [0.717, 1.165) is 38.9 Å². The highest BCUT2D eigenvalue weighted by molar-refractivity contribution is 6.09. The Morgan fingerprint density at radius 3 is 2.63 bits per heavy atom. The highest BCUT2D eigenvalue weighted by Gasteiger charge is 2.21. The van der Waals surface area contributed by atoms with Crippen LogP contribution in [0.5, 0.6) is 0 Å². The molecule has 4 rings (SSSR count). The maximum absolute atomic E-state index is 13.5. The van der Waals surface area contributed by atoms with Crippen LogP contribution in [0, 0.1) is 26.2 Å². The molecule has 1 aromatic carbocycles. The Kier molecular flexibility index (Phi) is 6.39. The van der Waals surface area contributed by atoms with Gasteiger partial charge in [0.1, 0.15) is 5.82 Å². The number of aromatic amines is 1. The van der Waals surface area contributed by atoms with Gasteiger partial charge in [0.2, 0.25) is 0 Å². The van der Waals surface area contributed by atoms with E-state index >= 15 is 0 Å². The molecule has 6 N–H and O–H groups in total. The first-order chi connectivity index (χ1) is 16.6. The van der Waals surface area contributed by atoms with Gasteiger partial charge < -0.3 is 31.3 Å². The van der Waals surface area contributed by atoms with E-state index in [0.29, 0.717) is 29.1 Å². The second kappa shape index (κ2) is 9.29. The SMILES string of the molecule is Cc1cc(C)c(CNC(=O)c2cc(C3=CC(C=N)=C(N)NC3)cc3c2c(C)cn3C(C)C)c(=O)[nH]1. The molecule has 1 aliphatic heterocycles. The number of nitrogens with one attached hydrogen (secondary N) is 4. The zero-order valence-corrected chi connectivity index (χ0v) is 20.8. The van der Waals surface area contributed by atoms with Crippen molar-refractivity contribution in [3.8, 4) is 0 Å². The molecular weight excluding hydrogens is 440 g/mol. The van der Waals surface area contributed by atoms with Crippen molar-refractivity contribution in [2.75, 3.05) is 6.54 Å². The standard InChI is InChI=1S/C27H32N6O2/c1-14(2)33-13-16(4)24-21(26(34)31-12-22-15(3)6-17(5)32-27(22)35)8-18(9-23(24)33)20-7-19(10-28)25(29)30-11-20/h6-10,13-14,28,30H,11-12,29H2,1-5H3,(H,31,34)(H,32,35). The minimum atomic E-state index is -0.243. The number of allylic oxidation sites excluding steroid dienone is 2. The lowest BCUT2D eigenvalue weighted by atomic mass is 9.95. The van der Waals surface area contributed by atoms with Gasteiger partial charge in [-0.25, -0.2) is 0 Å². The molecule has 0 saturated carbocycles. The summed E-state index contributed by atoms with van der Waals surface area (Å²) in [6, 6.07) is 6.08. The van der Waals surface area contributed by atoms with Crippen LogP contribution in [0.1, 0.15) is 58.2 Å². The van der Waals surface area contributed by atoms with Crippen LogP contribution >= 0.6 is 0 Å². The van der Waals surface area contributed by atoms with Crippen LogP contribution in [-0.4, -0.2) is 28.2 Å². The molecule has 3 aromatic rings. The van der Waals surface area contributed by atoms with Gasteiger partial charge in [0, 0.05) is 64.8 Å². The van der Waals surface area contributed by atoms with Crippen molar-refractivity contribution in [2.45, 2.75) is 47.2 Å². The summed E-state index contributed by atoms with van der Waals surface area (Å²) in [6.45, 7) is 10.6. The molecule has 0 spiro atoms. The van der Waals surface area contributed by atoms with E-state index in [1.54, 1.807) is 0 Å². The molecule has 0 radical (unpaired) electrons. The van der Waals surface area contributed by atoms with Crippen molar-refractivity contribution >= 4 is 28.6 Å². The van der Waals surface area contributed by atoms with E-state index in [9.17, 15) is 9.59 Å². The third-order valence-corrected chi connectivity index (χ3v) is 6.48. The number of hydrogen-bond donors (Lipinski definition) is 5. The van der Waals surface area contributed by atoms with Crippen molar-refractivity contribution < 1.29 is 4.79 Å². The van der Waals surface area contributed by atoms with Crippen LogP contribution in [0.25, 0.3) is 16.5 Å². The second-order valence-electron chi connectivity index (χ2n) is 9.39. The van der Waals surface area contributed by atoms with Crippen molar-refractivity contribution in [3.63, 3.8) is 0 Å². The average Bonchev–Trinajstić information content (AvgIpc) is 3.14. The smallest absolute Gasteiger partial charge is 0.253 e.